The number of aliphatic carboxylic acids is 2. The van der Waals surface area contributed by atoms with E-state index in [9.17, 15) is 29.4 Å². The number of carbonyl (C=O) groups is 4. The molecule has 100 valence electrons. The van der Waals surface area contributed by atoms with Crippen molar-refractivity contribution in [1.82, 2.24) is 0 Å². The smallest absolute Gasteiger partial charge is 0.549 e. The Labute approximate surface area is 114 Å². The summed E-state index contributed by atoms with van der Waals surface area (Å²) in [6.07, 6.45) is 0. The van der Waals surface area contributed by atoms with Gasteiger partial charge in [-0.1, -0.05) is 13.8 Å². The van der Waals surface area contributed by atoms with Crippen LogP contribution in [0.4, 0.5) is 0 Å². The van der Waals surface area contributed by atoms with Crippen LogP contribution in [0.2, 0.25) is 0 Å². The van der Waals surface area contributed by atoms with E-state index in [-0.39, 0.29) is 32.6 Å². The van der Waals surface area contributed by atoms with Gasteiger partial charge in [0.1, 0.15) is 11.6 Å². The first-order valence-corrected chi connectivity index (χ1v) is 4.53. The van der Waals surface area contributed by atoms with Gasteiger partial charge in [0.15, 0.2) is 0 Å². The van der Waals surface area contributed by atoms with E-state index in [1.54, 1.807) is 0 Å². The van der Waals surface area contributed by atoms with E-state index >= 15 is 0 Å². The monoisotopic (exact) mass is 425 g/mol. The molecule has 0 saturated heterocycles. The zero-order valence-corrected chi connectivity index (χ0v) is 12.2. The number of Topliss-reactive ketones (excluding diaryl/α,β-unsaturated/α-hetero) is 2. The van der Waals surface area contributed by atoms with Crippen LogP contribution < -0.4 is 10.2 Å². The summed E-state index contributed by atoms with van der Waals surface area (Å²) in [7, 11) is 0. The second-order valence-corrected chi connectivity index (χ2v) is 3.30. The zero-order valence-electron chi connectivity index (χ0n) is 9.92. The van der Waals surface area contributed by atoms with E-state index in [1.807, 2.05) is 0 Å². The van der Waals surface area contributed by atoms with Crippen molar-refractivity contribution in [3.05, 3.63) is 0 Å². The number of carboxylic acid groups (broad SMARTS) is 2. The summed E-state index contributed by atoms with van der Waals surface area (Å²) in [5, 5.41) is 19.6. The third-order valence-electron chi connectivity index (χ3n) is 1.93. The summed E-state index contributed by atoms with van der Waals surface area (Å²) >= 11 is 0. The molecule has 0 aromatic heterocycles. The number of carbonyl (C=O) groups excluding carboxylic acids is 4. The number of rotatable bonds is 4. The van der Waals surface area contributed by atoms with Crippen molar-refractivity contribution in [2.24, 2.45) is 11.8 Å². The molecule has 0 N–H and O–H groups in total. The average molecular weight is 425 g/mol. The molecule has 0 aliphatic carbocycles. The minimum atomic E-state index is -1.31. The average Bonchev–Trinajstić information content (AvgIpc) is 2.15. The zero-order chi connectivity index (χ0) is 13.5. The van der Waals surface area contributed by atoms with E-state index in [0.29, 0.717) is 0 Å². The Morgan fingerprint density at radius 3 is 0.941 bits per heavy atom. The molecule has 2 atom stereocenters. The van der Waals surface area contributed by atoms with Gasteiger partial charge < -0.3 is 19.8 Å². The second kappa shape index (κ2) is 10.1. The minimum Gasteiger partial charge on any atom is -0.549 e. The largest absolute Gasteiger partial charge is 2.00 e. The molecule has 0 fully saturated rings. The van der Waals surface area contributed by atoms with Crippen molar-refractivity contribution in [2.75, 3.05) is 0 Å². The standard InChI is InChI=1S/2C5H8O3.Pt/c2*1-3(4(2)6)5(7)8;/h2*3H,1-2H3,(H,7,8);/q;;+2/p-2. The first kappa shape index (κ1) is 21.3. The fourth-order valence-corrected chi connectivity index (χ4v) is 0.332. The number of hydrogen-bond acceptors (Lipinski definition) is 6. The van der Waals surface area contributed by atoms with Crippen LogP contribution in [0.25, 0.3) is 0 Å². The van der Waals surface area contributed by atoms with Gasteiger partial charge in [-0.3, -0.25) is 9.59 Å². The maximum Gasteiger partial charge on any atom is 2.00 e. The van der Waals surface area contributed by atoms with Crippen LogP contribution in [0.15, 0.2) is 0 Å². The fraction of sp³-hybridized carbons (Fsp3) is 0.600. The third kappa shape index (κ3) is 11.2. The summed E-state index contributed by atoms with van der Waals surface area (Å²) in [5.74, 6) is -5.28. The summed E-state index contributed by atoms with van der Waals surface area (Å²) in [6.45, 7) is 5.05. The van der Waals surface area contributed by atoms with Gasteiger partial charge in [0.05, 0.1) is 23.8 Å². The summed E-state index contributed by atoms with van der Waals surface area (Å²) in [6, 6.07) is 0. The van der Waals surface area contributed by atoms with Crippen molar-refractivity contribution >= 4 is 23.5 Å². The molecule has 0 aromatic rings. The Bertz CT molecular complexity index is 241. The molecule has 0 rings (SSSR count). The first-order chi connectivity index (χ1) is 7.11. The minimum absolute atomic E-state index is 0. The Morgan fingerprint density at radius 1 is 0.765 bits per heavy atom. The topological polar surface area (TPSA) is 114 Å². The number of hydrogen-bond donors (Lipinski definition) is 0. The van der Waals surface area contributed by atoms with E-state index < -0.39 is 23.8 Å². The van der Waals surface area contributed by atoms with Crippen LogP contribution in [-0.4, -0.2) is 23.5 Å². The van der Waals surface area contributed by atoms with Crippen molar-refractivity contribution in [3.8, 4) is 0 Å². The molecule has 0 aromatic carbocycles. The van der Waals surface area contributed by atoms with Gasteiger partial charge in [0.2, 0.25) is 0 Å². The van der Waals surface area contributed by atoms with E-state index in [4.69, 9.17) is 0 Å². The molecular weight excluding hydrogens is 411 g/mol. The van der Waals surface area contributed by atoms with Crippen LogP contribution in [0.3, 0.4) is 0 Å². The number of ketones is 2. The van der Waals surface area contributed by atoms with Crippen molar-refractivity contribution < 1.29 is 50.5 Å². The van der Waals surface area contributed by atoms with Crippen LogP contribution in [0.5, 0.6) is 0 Å². The van der Waals surface area contributed by atoms with Gasteiger partial charge in [-0.2, -0.15) is 0 Å². The Kier molecular flexibility index (Phi) is 12.7. The summed E-state index contributed by atoms with van der Waals surface area (Å²) in [4.78, 5) is 39.9. The molecule has 0 amide bonds. The van der Waals surface area contributed by atoms with Gasteiger partial charge in [-0.25, -0.2) is 0 Å². The van der Waals surface area contributed by atoms with E-state index in [0.717, 1.165) is 0 Å². The Hall–Kier alpha value is -1.03. The first-order valence-electron chi connectivity index (χ1n) is 4.53. The second-order valence-electron chi connectivity index (χ2n) is 3.30. The van der Waals surface area contributed by atoms with Gasteiger partial charge in [0.25, 0.3) is 0 Å². The molecule has 0 spiro atoms. The molecule has 0 heterocycles. The van der Waals surface area contributed by atoms with Gasteiger partial charge in [0, 0.05) is 0 Å². The fourth-order valence-electron chi connectivity index (χ4n) is 0.332. The molecule has 0 aliphatic rings. The van der Waals surface area contributed by atoms with Gasteiger partial charge >= 0.3 is 21.1 Å². The van der Waals surface area contributed by atoms with Crippen LogP contribution in [0, 0.1) is 11.8 Å². The van der Waals surface area contributed by atoms with Crippen molar-refractivity contribution in [3.63, 3.8) is 0 Å². The van der Waals surface area contributed by atoms with Crippen LogP contribution in [-0.2, 0) is 40.2 Å². The molecule has 0 bridgehead atoms. The van der Waals surface area contributed by atoms with Gasteiger partial charge in [-0.05, 0) is 13.8 Å². The van der Waals surface area contributed by atoms with Crippen LogP contribution >= 0.6 is 0 Å². The molecule has 0 aliphatic heterocycles. The quantitative estimate of drug-likeness (QED) is 0.478. The maximum absolute atomic E-state index is 10.2. The van der Waals surface area contributed by atoms with E-state index in [1.165, 1.54) is 27.7 Å². The summed E-state index contributed by atoms with van der Waals surface area (Å²) in [5.41, 5.74) is 0. The molecule has 0 radical (unpaired) electrons. The molecule has 7 heteroatoms. The van der Waals surface area contributed by atoms with Gasteiger partial charge in [-0.15, -0.1) is 0 Å². The Balaban J connectivity index is -0.000000218. The SMILES string of the molecule is CC(=O)C(C)C(=O)[O-].CC(=O)C(C)C(=O)[O-].[Pt+2]. The summed E-state index contributed by atoms with van der Waals surface area (Å²) < 4.78 is 0. The van der Waals surface area contributed by atoms with Crippen molar-refractivity contribution in [1.29, 1.82) is 0 Å². The normalized spacial score (nSPS) is 12.0. The molecule has 6 nitrogen and oxygen atoms in total. The molecule has 0 saturated carbocycles. The predicted octanol–water partition coefficient (Wildman–Crippen LogP) is -2.08. The maximum atomic E-state index is 10.2. The van der Waals surface area contributed by atoms with Crippen LogP contribution in [0.1, 0.15) is 27.7 Å². The molecule has 17 heavy (non-hydrogen) atoms. The molecular formula is C10H14O6Pt. The predicted molar refractivity (Wildman–Crippen MR) is 49.7 cm³/mol. The third-order valence-corrected chi connectivity index (χ3v) is 1.93. The Morgan fingerprint density at radius 2 is 0.941 bits per heavy atom. The van der Waals surface area contributed by atoms with Crippen molar-refractivity contribution in [2.45, 2.75) is 27.7 Å². The molecule has 2 unspecified atom stereocenters. The van der Waals surface area contributed by atoms with E-state index in [2.05, 4.69) is 0 Å². The number of carboxylic acids is 2.